The summed E-state index contributed by atoms with van der Waals surface area (Å²) in [5.41, 5.74) is 15.5. The zero-order valence-electron chi connectivity index (χ0n) is 17.1. The van der Waals surface area contributed by atoms with Gasteiger partial charge in [-0.1, -0.05) is 77.0 Å². The van der Waals surface area contributed by atoms with Crippen molar-refractivity contribution in [2.75, 3.05) is 0 Å². The van der Waals surface area contributed by atoms with Gasteiger partial charge in [-0.05, 0) is 61.2 Å². The molecular weight excluding hydrogens is 290 g/mol. The summed E-state index contributed by atoms with van der Waals surface area (Å²) in [5, 5.41) is 0. The molecule has 0 heterocycles. The minimum Gasteiger partial charge on any atom is -0.392 e. The second-order valence-electron chi connectivity index (χ2n) is 8.11. The first-order valence-electron chi connectivity index (χ1n) is 9.38. The van der Waals surface area contributed by atoms with Crippen LogP contribution < -0.4 is 5.73 Å². The van der Waals surface area contributed by atoms with Crippen LogP contribution in [0.1, 0.15) is 81.1 Å². The van der Waals surface area contributed by atoms with Crippen LogP contribution in [0, 0.1) is 10.8 Å². The topological polar surface area (TPSA) is 26.0 Å². The fraction of sp³-hybridized carbons (Fsp3) is 0.609. The number of hydrogen-bond donors (Lipinski definition) is 1. The van der Waals surface area contributed by atoms with Crippen LogP contribution in [-0.4, -0.2) is 0 Å². The largest absolute Gasteiger partial charge is 0.392 e. The number of unbranched alkanes of at least 4 members (excludes halogenated alkanes) is 2. The van der Waals surface area contributed by atoms with E-state index < -0.39 is 0 Å². The van der Waals surface area contributed by atoms with Crippen molar-refractivity contribution in [3.63, 3.8) is 0 Å². The lowest BCUT2D eigenvalue weighted by molar-refractivity contribution is 0.195. The number of rotatable bonds is 7. The summed E-state index contributed by atoms with van der Waals surface area (Å²) in [6, 6.07) is 0. The van der Waals surface area contributed by atoms with E-state index >= 15 is 0 Å². The van der Waals surface area contributed by atoms with Crippen LogP contribution in [0.2, 0.25) is 0 Å². The van der Waals surface area contributed by atoms with Crippen LogP contribution in [0.4, 0.5) is 0 Å². The molecule has 1 aliphatic carbocycles. The number of allylic oxidation sites excluding steroid dienone is 6. The molecule has 1 rings (SSSR count). The smallest absolute Gasteiger partial charge is 0.0779 e. The van der Waals surface area contributed by atoms with Crippen molar-refractivity contribution >= 4 is 0 Å². The molecule has 1 heteroatoms. The molecular formula is C23H37N. The average Bonchev–Trinajstić information content (AvgIpc) is 2.62. The van der Waals surface area contributed by atoms with Gasteiger partial charge in [0.2, 0.25) is 0 Å². The SMILES string of the molecule is C/C=C(\CCCCC)C(C)(C)C(C)(C)C1=CC=C(C)C(N)=C=C1C. The molecule has 0 aliphatic heterocycles. The molecule has 0 aromatic rings. The van der Waals surface area contributed by atoms with E-state index in [4.69, 9.17) is 5.73 Å². The molecule has 0 bridgehead atoms. The van der Waals surface area contributed by atoms with Crippen LogP contribution in [0.3, 0.4) is 0 Å². The highest BCUT2D eigenvalue weighted by molar-refractivity contribution is 5.46. The molecule has 0 atom stereocenters. The summed E-state index contributed by atoms with van der Waals surface area (Å²) in [5.74, 6) is 0. The van der Waals surface area contributed by atoms with E-state index in [1.54, 1.807) is 5.57 Å². The van der Waals surface area contributed by atoms with Gasteiger partial charge in [0.25, 0.3) is 0 Å². The van der Waals surface area contributed by atoms with Crippen LogP contribution in [0.25, 0.3) is 0 Å². The second-order valence-corrected chi connectivity index (χ2v) is 8.11. The zero-order valence-corrected chi connectivity index (χ0v) is 17.1. The molecule has 0 saturated heterocycles. The molecule has 0 unspecified atom stereocenters. The predicted octanol–water partition coefficient (Wildman–Crippen LogP) is 6.84. The third-order valence-corrected chi connectivity index (χ3v) is 6.09. The average molecular weight is 328 g/mol. The Morgan fingerprint density at radius 1 is 1.12 bits per heavy atom. The van der Waals surface area contributed by atoms with Gasteiger partial charge in [0.1, 0.15) is 0 Å². The van der Waals surface area contributed by atoms with E-state index in [0.717, 1.165) is 16.8 Å². The first kappa shape index (κ1) is 20.6. The predicted molar refractivity (Wildman–Crippen MR) is 108 cm³/mol. The van der Waals surface area contributed by atoms with Crippen molar-refractivity contribution in [1.82, 2.24) is 0 Å². The first-order valence-corrected chi connectivity index (χ1v) is 9.38. The molecule has 134 valence electrons. The maximum atomic E-state index is 6.12. The highest BCUT2D eigenvalue weighted by atomic mass is 14.6. The highest BCUT2D eigenvalue weighted by Crippen LogP contribution is 2.52. The van der Waals surface area contributed by atoms with Crippen molar-refractivity contribution in [2.45, 2.75) is 81.1 Å². The molecule has 0 radical (unpaired) electrons. The van der Waals surface area contributed by atoms with Gasteiger partial charge in [-0.2, -0.15) is 0 Å². The monoisotopic (exact) mass is 327 g/mol. The van der Waals surface area contributed by atoms with Crippen LogP contribution in [0.5, 0.6) is 0 Å². The van der Waals surface area contributed by atoms with Gasteiger partial charge >= 0.3 is 0 Å². The van der Waals surface area contributed by atoms with Gasteiger partial charge in [0.05, 0.1) is 5.70 Å². The molecule has 0 spiro atoms. The summed E-state index contributed by atoms with van der Waals surface area (Å²) in [4.78, 5) is 0. The third-order valence-electron chi connectivity index (χ3n) is 6.09. The van der Waals surface area contributed by atoms with Gasteiger partial charge in [-0.15, -0.1) is 0 Å². The lowest BCUT2D eigenvalue weighted by Crippen LogP contribution is -2.36. The standard InChI is InChI=1S/C23H37N/c1-9-11-12-13-19(10-2)22(5,6)23(7,8)20-15-14-17(3)21(24)16-18(20)4/h10,14-15H,9,11-13,24H2,1-8H3/b19-10+. The number of nitrogens with two attached hydrogens (primary N) is 1. The molecule has 0 saturated carbocycles. The van der Waals surface area contributed by atoms with Crippen molar-refractivity contribution < 1.29 is 0 Å². The summed E-state index contributed by atoms with van der Waals surface area (Å²) >= 11 is 0. The second kappa shape index (κ2) is 8.08. The summed E-state index contributed by atoms with van der Waals surface area (Å²) in [6.07, 6.45) is 11.7. The number of hydrogen-bond acceptors (Lipinski definition) is 1. The van der Waals surface area contributed by atoms with Crippen LogP contribution in [-0.2, 0) is 0 Å². The molecule has 0 aromatic carbocycles. The Kier molecular flexibility index (Phi) is 6.93. The van der Waals surface area contributed by atoms with E-state index in [1.165, 1.54) is 31.3 Å². The fourth-order valence-electron chi connectivity index (χ4n) is 3.59. The first-order chi connectivity index (χ1) is 11.1. The fourth-order valence-corrected chi connectivity index (χ4v) is 3.59. The molecule has 0 aromatic heterocycles. The van der Waals surface area contributed by atoms with E-state index in [2.05, 4.69) is 79.3 Å². The molecule has 1 nitrogen and oxygen atoms in total. The van der Waals surface area contributed by atoms with Gasteiger partial charge in [-0.3, -0.25) is 0 Å². The highest BCUT2D eigenvalue weighted by Gasteiger charge is 2.42. The van der Waals surface area contributed by atoms with Crippen molar-refractivity contribution in [3.05, 3.63) is 51.9 Å². The molecule has 24 heavy (non-hydrogen) atoms. The van der Waals surface area contributed by atoms with Crippen LogP contribution in [0.15, 0.2) is 51.9 Å². The summed E-state index contributed by atoms with van der Waals surface area (Å²) in [7, 11) is 0. The minimum absolute atomic E-state index is 0.000455. The van der Waals surface area contributed by atoms with E-state index in [0.29, 0.717) is 0 Å². The normalized spacial score (nSPS) is 16.9. The lowest BCUT2D eigenvalue weighted by Gasteiger charge is -2.46. The quantitative estimate of drug-likeness (QED) is 0.309. The van der Waals surface area contributed by atoms with Crippen molar-refractivity contribution in [3.8, 4) is 0 Å². The van der Waals surface area contributed by atoms with Crippen molar-refractivity contribution in [1.29, 1.82) is 0 Å². The summed E-state index contributed by atoms with van der Waals surface area (Å²) in [6.45, 7) is 18.1. The van der Waals surface area contributed by atoms with Gasteiger partial charge < -0.3 is 5.73 Å². The van der Waals surface area contributed by atoms with Crippen molar-refractivity contribution in [2.24, 2.45) is 16.6 Å². The van der Waals surface area contributed by atoms with E-state index in [1.807, 2.05) is 0 Å². The van der Waals surface area contributed by atoms with E-state index in [9.17, 15) is 0 Å². The summed E-state index contributed by atoms with van der Waals surface area (Å²) < 4.78 is 0. The Balaban J connectivity index is 3.28. The Labute approximate surface area is 150 Å². The van der Waals surface area contributed by atoms with Gasteiger partial charge in [0, 0.05) is 0 Å². The van der Waals surface area contributed by atoms with Gasteiger partial charge in [-0.25, -0.2) is 0 Å². The molecule has 2 N–H and O–H groups in total. The Morgan fingerprint density at radius 3 is 2.29 bits per heavy atom. The van der Waals surface area contributed by atoms with Gasteiger partial charge in [0.15, 0.2) is 0 Å². The molecule has 1 aliphatic rings. The Bertz CT molecular complexity index is 614. The Hall–Kier alpha value is -1.46. The maximum absolute atomic E-state index is 6.12. The van der Waals surface area contributed by atoms with Crippen LogP contribution >= 0.6 is 0 Å². The zero-order chi connectivity index (χ0) is 18.5. The third kappa shape index (κ3) is 4.14. The molecule has 0 amide bonds. The molecule has 0 fully saturated rings. The Morgan fingerprint density at radius 2 is 1.75 bits per heavy atom. The van der Waals surface area contributed by atoms with E-state index in [-0.39, 0.29) is 10.8 Å². The minimum atomic E-state index is -0.000455. The maximum Gasteiger partial charge on any atom is 0.0779 e. The lowest BCUT2D eigenvalue weighted by atomic mass is 9.58.